The lowest BCUT2D eigenvalue weighted by Crippen LogP contribution is -2.43. The van der Waals surface area contributed by atoms with E-state index in [0.29, 0.717) is 12.3 Å². The van der Waals surface area contributed by atoms with Gasteiger partial charge < -0.3 is 9.69 Å². The fourth-order valence-corrected chi connectivity index (χ4v) is 1.86. The van der Waals surface area contributed by atoms with Gasteiger partial charge in [-0.1, -0.05) is 20.8 Å². The molecule has 0 aromatic rings. The molecule has 0 saturated carbocycles. The summed E-state index contributed by atoms with van der Waals surface area (Å²) in [4.78, 5) is 24.5. The van der Waals surface area contributed by atoms with Crippen LogP contribution in [0.5, 0.6) is 0 Å². The van der Waals surface area contributed by atoms with E-state index in [1.54, 1.807) is 0 Å². The Morgan fingerprint density at radius 3 is 2.33 bits per heavy atom. The Balaban J connectivity index is 2.43. The molecule has 1 aliphatic heterocycles. The molecule has 1 fully saturated rings. The molecule has 3 heteroatoms. The van der Waals surface area contributed by atoms with E-state index in [2.05, 4.69) is 13.8 Å². The summed E-state index contributed by atoms with van der Waals surface area (Å²) in [6, 6.07) is 0. The summed E-state index contributed by atoms with van der Waals surface area (Å²) < 4.78 is 0. The first-order valence-corrected chi connectivity index (χ1v) is 5.71. The number of carbonyl (C=O) groups is 2. The highest BCUT2D eigenvalue weighted by atomic mass is 16.2. The van der Waals surface area contributed by atoms with Gasteiger partial charge in [0.25, 0.3) is 0 Å². The van der Waals surface area contributed by atoms with Crippen molar-refractivity contribution in [3.05, 3.63) is 0 Å². The van der Waals surface area contributed by atoms with Crippen molar-refractivity contribution in [1.29, 1.82) is 0 Å². The summed E-state index contributed by atoms with van der Waals surface area (Å²) in [6.07, 6.45) is 3.27. The zero-order chi connectivity index (χ0) is 11.5. The van der Waals surface area contributed by atoms with Crippen molar-refractivity contribution in [3.8, 4) is 0 Å². The van der Waals surface area contributed by atoms with Crippen LogP contribution in [-0.2, 0) is 9.59 Å². The molecule has 0 atom stereocenters. The maximum Gasteiger partial charge on any atom is 0.222 e. The van der Waals surface area contributed by atoms with Crippen molar-refractivity contribution in [2.24, 2.45) is 11.3 Å². The molecule has 1 rings (SSSR count). The molecule has 0 aromatic heterocycles. The predicted molar refractivity (Wildman–Crippen MR) is 59.4 cm³/mol. The topological polar surface area (TPSA) is 37.4 Å². The molecule has 0 spiro atoms. The quantitative estimate of drug-likeness (QED) is 0.668. The fourth-order valence-electron chi connectivity index (χ4n) is 1.86. The minimum absolute atomic E-state index is 0.200. The normalized spacial score (nSPS) is 20.4. The minimum atomic E-state index is -0.200. The third-order valence-corrected chi connectivity index (χ3v) is 3.13. The van der Waals surface area contributed by atoms with Gasteiger partial charge in [-0.3, -0.25) is 4.79 Å². The highest BCUT2D eigenvalue weighted by Gasteiger charge is 2.31. The highest BCUT2D eigenvalue weighted by Crippen LogP contribution is 2.28. The average Bonchev–Trinajstić information content (AvgIpc) is 2.18. The summed E-state index contributed by atoms with van der Waals surface area (Å²) in [7, 11) is 0. The van der Waals surface area contributed by atoms with Crippen LogP contribution in [0, 0.1) is 11.3 Å². The van der Waals surface area contributed by atoms with E-state index in [4.69, 9.17) is 0 Å². The number of rotatable bonds is 3. The SMILES string of the molecule is CC(C)CC(=O)N1CCC(C)(C=O)CC1. The molecule has 3 nitrogen and oxygen atoms in total. The van der Waals surface area contributed by atoms with E-state index in [1.807, 2.05) is 11.8 Å². The van der Waals surface area contributed by atoms with Crippen molar-refractivity contribution in [2.45, 2.75) is 40.0 Å². The molecule has 0 radical (unpaired) electrons. The zero-order valence-electron chi connectivity index (χ0n) is 9.95. The van der Waals surface area contributed by atoms with Crippen molar-refractivity contribution in [2.75, 3.05) is 13.1 Å². The van der Waals surface area contributed by atoms with Gasteiger partial charge in [0.2, 0.25) is 5.91 Å². The largest absolute Gasteiger partial charge is 0.343 e. The Bertz CT molecular complexity index is 240. The first kappa shape index (κ1) is 12.2. The molecular formula is C12H21NO2. The minimum Gasteiger partial charge on any atom is -0.343 e. The van der Waals surface area contributed by atoms with Gasteiger partial charge in [-0.25, -0.2) is 0 Å². The van der Waals surface area contributed by atoms with Gasteiger partial charge >= 0.3 is 0 Å². The number of amides is 1. The molecule has 86 valence electrons. The van der Waals surface area contributed by atoms with Crippen LogP contribution in [0.25, 0.3) is 0 Å². The van der Waals surface area contributed by atoms with Crippen molar-refractivity contribution in [3.63, 3.8) is 0 Å². The molecular weight excluding hydrogens is 190 g/mol. The Morgan fingerprint density at radius 1 is 1.40 bits per heavy atom. The molecule has 1 saturated heterocycles. The summed E-state index contributed by atoms with van der Waals surface area (Å²) in [5.74, 6) is 0.648. The standard InChI is InChI=1S/C12H21NO2/c1-10(2)8-11(15)13-6-4-12(3,9-14)5-7-13/h9-10H,4-8H2,1-3H3. The lowest BCUT2D eigenvalue weighted by Gasteiger charge is -2.36. The van der Waals surface area contributed by atoms with Crippen LogP contribution >= 0.6 is 0 Å². The molecule has 15 heavy (non-hydrogen) atoms. The van der Waals surface area contributed by atoms with Crippen LogP contribution in [0.15, 0.2) is 0 Å². The number of carbonyl (C=O) groups excluding carboxylic acids is 2. The lowest BCUT2D eigenvalue weighted by molar-refractivity contribution is -0.135. The van der Waals surface area contributed by atoms with Gasteiger partial charge in [0.15, 0.2) is 0 Å². The predicted octanol–water partition coefficient (Wildman–Crippen LogP) is 1.86. The second kappa shape index (κ2) is 4.77. The second-order valence-corrected chi connectivity index (χ2v) is 5.25. The van der Waals surface area contributed by atoms with Gasteiger partial charge in [0, 0.05) is 24.9 Å². The molecule has 0 aliphatic carbocycles. The second-order valence-electron chi connectivity index (χ2n) is 5.25. The summed E-state index contributed by atoms with van der Waals surface area (Å²) in [5, 5.41) is 0. The Morgan fingerprint density at radius 2 is 1.93 bits per heavy atom. The monoisotopic (exact) mass is 211 g/mol. The maximum absolute atomic E-state index is 11.7. The lowest BCUT2D eigenvalue weighted by atomic mass is 9.82. The molecule has 1 aliphatic rings. The van der Waals surface area contributed by atoms with E-state index in [-0.39, 0.29) is 11.3 Å². The van der Waals surface area contributed by atoms with Gasteiger partial charge in [-0.05, 0) is 18.8 Å². The van der Waals surface area contributed by atoms with Crippen LogP contribution in [-0.4, -0.2) is 30.2 Å². The van der Waals surface area contributed by atoms with Crippen LogP contribution in [0.1, 0.15) is 40.0 Å². The molecule has 1 heterocycles. The zero-order valence-corrected chi connectivity index (χ0v) is 9.95. The number of aldehydes is 1. The third kappa shape index (κ3) is 3.33. The molecule has 1 amide bonds. The van der Waals surface area contributed by atoms with Gasteiger partial charge in [-0.2, -0.15) is 0 Å². The summed E-state index contributed by atoms with van der Waals surface area (Å²) in [6.45, 7) is 7.56. The Kier molecular flexibility index (Phi) is 3.89. The van der Waals surface area contributed by atoms with E-state index < -0.39 is 0 Å². The first-order chi connectivity index (χ1) is 6.97. The van der Waals surface area contributed by atoms with Crippen LogP contribution < -0.4 is 0 Å². The highest BCUT2D eigenvalue weighted by molar-refractivity contribution is 5.76. The van der Waals surface area contributed by atoms with Crippen LogP contribution in [0.4, 0.5) is 0 Å². The number of nitrogens with zero attached hydrogens (tertiary/aromatic N) is 1. The van der Waals surface area contributed by atoms with Gasteiger partial charge in [-0.15, -0.1) is 0 Å². The smallest absolute Gasteiger partial charge is 0.222 e. The average molecular weight is 211 g/mol. The first-order valence-electron chi connectivity index (χ1n) is 5.71. The summed E-state index contributed by atoms with van der Waals surface area (Å²) in [5.41, 5.74) is -0.200. The van der Waals surface area contributed by atoms with E-state index in [0.717, 1.165) is 32.2 Å². The van der Waals surface area contributed by atoms with Crippen molar-refractivity contribution >= 4 is 12.2 Å². The van der Waals surface area contributed by atoms with Gasteiger partial charge in [0.1, 0.15) is 6.29 Å². The number of hydrogen-bond acceptors (Lipinski definition) is 2. The summed E-state index contributed by atoms with van der Waals surface area (Å²) >= 11 is 0. The molecule has 0 bridgehead atoms. The molecule has 0 N–H and O–H groups in total. The van der Waals surface area contributed by atoms with E-state index >= 15 is 0 Å². The van der Waals surface area contributed by atoms with Crippen LogP contribution in [0.3, 0.4) is 0 Å². The fraction of sp³-hybridized carbons (Fsp3) is 0.833. The molecule has 0 unspecified atom stereocenters. The number of piperidine rings is 1. The maximum atomic E-state index is 11.7. The number of likely N-dealkylation sites (tertiary alicyclic amines) is 1. The molecule has 0 aromatic carbocycles. The van der Waals surface area contributed by atoms with Crippen LogP contribution in [0.2, 0.25) is 0 Å². The third-order valence-electron chi connectivity index (χ3n) is 3.13. The van der Waals surface area contributed by atoms with E-state index in [9.17, 15) is 9.59 Å². The Hall–Kier alpha value is -0.860. The van der Waals surface area contributed by atoms with Crippen molar-refractivity contribution in [1.82, 2.24) is 4.90 Å². The van der Waals surface area contributed by atoms with Crippen molar-refractivity contribution < 1.29 is 9.59 Å². The van der Waals surface area contributed by atoms with Gasteiger partial charge in [0.05, 0.1) is 0 Å². The van der Waals surface area contributed by atoms with E-state index in [1.165, 1.54) is 0 Å². The number of hydrogen-bond donors (Lipinski definition) is 0. The Labute approximate surface area is 91.8 Å².